The fourth-order valence-electron chi connectivity index (χ4n) is 2.12. The molecule has 0 spiro atoms. The number of anilines is 1. The molecule has 0 saturated carbocycles. The lowest BCUT2D eigenvalue weighted by molar-refractivity contribution is -0.0246. The lowest BCUT2D eigenvalue weighted by Crippen LogP contribution is -2.47. The highest BCUT2D eigenvalue weighted by Gasteiger charge is 2.20. The summed E-state index contributed by atoms with van der Waals surface area (Å²) in [4.78, 5) is 18.2. The molecule has 1 saturated heterocycles. The second-order valence-corrected chi connectivity index (χ2v) is 5.06. The Bertz CT molecular complexity index is 483. The number of hydrogen-bond acceptors (Lipinski definition) is 5. The maximum Gasteiger partial charge on any atom is 0.254 e. The first-order chi connectivity index (χ1) is 9.60. The molecule has 1 atom stereocenters. The molecule has 0 aliphatic carbocycles. The van der Waals surface area contributed by atoms with Gasteiger partial charge in [0.1, 0.15) is 5.15 Å². The van der Waals surface area contributed by atoms with Gasteiger partial charge in [-0.1, -0.05) is 18.5 Å². The molecule has 3 N–H and O–H groups in total. The molecule has 2 rings (SSSR count). The van der Waals surface area contributed by atoms with Gasteiger partial charge in [-0.15, -0.1) is 0 Å². The summed E-state index contributed by atoms with van der Waals surface area (Å²) < 4.78 is 5.62. The fourth-order valence-corrected chi connectivity index (χ4v) is 2.31. The van der Waals surface area contributed by atoms with Crippen molar-refractivity contribution in [3.8, 4) is 0 Å². The van der Waals surface area contributed by atoms with Gasteiger partial charge in [-0.05, 0) is 12.6 Å². The van der Waals surface area contributed by atoms with E-state index in [4.69, 9.17) is 22.1 Å². The zero-order valence-corrected chi connectivity index (χ0v) is 12.2. The zero-order valence-electron chi connectivity index (χ0n) is 11.4. The number of carbonyl (C=O) groups excluding carboxylic acids is 1. The normalized spacial score (nSPS) is 19.8. The fraction of sp³-hybridized carbons (Fsp3) is 0.538. The minimum Gasteiger partial charge on any atom is -0.397 e. The Kier molecular flexibility index (Phi) is 5.17. The van der Waals surface area contributed by atoms with Crippen LogP contribution in [0.25, 0.3) is 0 Å². The Morgan fingerprint density at radius 2 is 2.50 bits per heavy atom. The average molecular weight is 299 g/mol. The standard InChI is InChI=1S/C13H19ClN4O2/c1-2-18-3-4-20-10(8-18)7-17-13(19)11-5-9(15)6-16-12(11)14/h5-6,10H,2-4,7-8,15H2,1H3,(H,17,19). The van der Waals surface area contributed by atoms with Gasteiger partial charge in [-0.2, -0.15) is 0 Å². The predicted octanol–water partition coefficient (Wildman–Crippen LogP) is 0.768. The van der Waals surface area contributed by atoms with Crippen molar-refractivity contribution in [1.82, 2.24) is 15.2 Å². The number of rotatable bonds is 4. The van der Waals surface area contributed by atoms with Crippen LogP contribution < -0.4 is 11.1 Å². The summed E-state index contributed by atoms with van der Waals surface area (Å²) in [7, 11) is 0. The SMILES string of the molecule is CCN1CCOC(CNC(=O)c2cc(N)cnc2Cl)C1. The van der Waals surface area contributed by atoms with E-state index in [1.165, 1.54) is 12.3 Å². The molecule has 1 aromatic rings. The zero-order chi connectivity index (χ0) is 14.5. The summed E-state index contributed by atoms with van der Waals surface area (Å²) >= 11 is 5.89. The molecule has 1 aromatic heterocycles. The average Bonchev–Trinajstić information content (AvgIpc) is 2.47. The first kappa shape index (κ1) is 15.0. The first-order valence-corrected chi connectivity index (χ1v) is 7.01. The van der Waals surface area contributed by atoms with Crippen LogP contribution in [0.3, 0.4) is 0 Å². The van der Waals surface area contributed by atoms with Crippen LogP contribution in [0.1, 0.15) is 17.3 Å². The maximum atomic E-state index is 12.1. The van der Waals surface area contributed by atoms with Crippen molar-refractivity contribution in [3.05, 3.63) is 23.0 Å². The molecule has 110 valence electrons. The number of nitrogens with one attached hydrogen (secondary N) is 1. The minimum atomic E-state index is -0.285. The molecule has 1 aliphatic rings. The molecule has 0 bridgehead atoms. The van der Waals surface area contributed by atoms with Gasteiger partial charge in [0.25, 0.3) is 5.91 Å². The van der Waals surface area contributed by atoms with Gasteiger partial charge in [-0.3, -0.25) is 9.69 Å². The number of pyridine rings is 1. The molecule has 0 radical (unpaired) electrons. The lowest BCUT2D eigenvalue weighted by Gasteiger charge is -2.32. The number of halogens is 1. The van der Waals surface area contributed by atoms with Gasteiger partial charge in [0.15, 0.2) is 0 Å². The molecule has 0 aromatic carbocycles. The van der Waals surface area contributed by atoms with E-state index in [1.54, 1.807) is 0 Å². The number of nitrogens with two attached hydrogens (primary N) is 1. The number of ether oxygens (including phenoxy) is 1. The quantitative estimate of drug-likeness (QED) is 0.803. The molecular formula is C13H19ClN4O2. The van der Waals surface area contributed by atoms with Crippen molar-refractivity contribution in [2.75, 3.05) is 38.5 Å². The summed E-state index contributed by atoms with van der Waals surface area (Å²) in [6.07, 6.45) is 1.42. The van der Waals surface area contributed by atoms with Crippen molar-refractivity contribution in [2.24, 2.45) is 0 Å². The molecular weight excluding hydrogens is 280 g/mol. The number of nitrogen functional groups attached to an aromatic ring is 1. The molecule has 1 amide bonds. The summed E-state index contributed by atoms with van der Waals surface area (Å²) in [6, 6.07) is 1.52. The first-order valence-electron chi connectivity index (χ1n) is 6.63. The van der Waals surface area contributed by atoms with Crippen LogP contribution in [0.5, 0.6) is 0 Å². The number of nitrogens with zero attached hydrogens (tertiary/aromatic N) is 2. The Morgan fingerprint density at radius 1 is 1.70 bits per heavy atom. The van der Waals surface area contributed by atoms with Gasteiger partial charge in [0.2, 0.25) is 0 Å². The van der Waals surface area contributed by atoms with E-state index in [2.05, 4.69) is 22.1 Å². The monoisotopic (exact) mass is 298 g/mol. The molecule has 20 heavy (non-hydrogen) atoms. The van der Waals surface area contributed by atoms with E-state index < -0.39 is 0 Å². The summed E-state index contributed by atoms with van der Waals surface area (Å²) in [5.41, 5.74) is 6.30. The highest BCUT2D eigenvalue weighted by atomic mass is 35.5. The second kappa shape index (κ2) is 6.88. The topological polar surface area (TPSA) is 80.5 Å². The van der Waals surface area contributed by atoms with Gasteiger partial charge < -0.3 is 15.8 Å². The van der Waals surface area contributed by atoms with E-state index in [-0.39, 0.29) is 22.7 Å². The number of likely N-dealkylation sites (N-methyl/N-ethyl adjacent to an activating group) is 1. The second-order valence-electron chi connectivity index (χ2n) is 4.70. The highest BCUT2D eigenvalue weighted by molar-refractivity contribution is 6.32. The van der Waals surface area contributed by atoms with Crippen LogP contribution in [0.15, 0.2) is 12.3 Å². The van der Waals surface area contributed by atoms with Crippen molar-refractivity contribution < 1.29 is 9.53 Å². The maximum absolute atomic E-state index is 12.1. The van der Waals surface area contributed by atoms with Crippen LogP contribution >= 0.6 is 11.6 Å². The summed E-state index contributed by atoms with van der Waals surface area (Å²) in [5.74, 6) is -0.285. The molecule has 7 heteroatoms. The highest BCUT2D eigenvalue weighted by Crippen LogP contribution is 2.15. The van der Waals surface area contributed by atoms with E-state index in [1.807, 2.05) is 0 Å². The van der Waals surface area contributed by atoms with Gasteiger partial charge >= 0.3 is 0 Å². The van der Waals surface area contributed by atoms with Crippen molar-refractivity contribution >= 4 is 23.2 Å². The molecule has 6 nitrogen and oxygen atoms in total. The molecule has 2 heterocycles. The van der Waals surface area contributed by atoms with Crippen molar-refractivity contribution in [3.63, 3.8) is 0 Å². The number of carbonyl (C=O) groups is 1. The van der Waals surface area contributed by atoms with Gasteiger partial charge in [0.05, 0.1) is 30.2 Å². The minimum absolute atomic E-state index is 0.000411. The number of aromatic nitrogens is 1. The molecule has 1 aliphatic heterocycles. The van der Waals surface area contributed by atoms with Gasteiger partial charge in [0, 0.05) is 19.6 Å². The molecule has 1 unspecified atom stereocenters. The summed E-state index contributed by atoms with van der Waals surface area (Å²) in [6.45, 7) is 5.99. The van der Waals surface area contributed by atoms with Crippen molar-refractivity contribution in [2.45, 2.75) is 13.0 Å². The number of hydrogen-bond donors (Lipinski definition) is 2. The van der Waals surface area contributed by atoms with Crippen molar-refractivity contribution in [1.29, 1.82) is 0 Å². The Labute approximate surface area is 123 Å². The Balaban J connectivity index is 1.90. The third-order valence-electron chi connectivity index (χ3n) is 3.27. The van der Waals surface area contributed by atoms with E-state index in [9.17, 15) is 4.79 Å². The predicted molar refractivity (Wildman–Crippen MR) is 77.8 cm³/mol. The van der Waals surface area contributed by atoms with Crippen LogP contribution in [0.4, 0.5) is 5.69 Å². The van der Waals surface area contributed by atoms with Crippen LogP contribution in [0.2, 0.25) is 5.15 Å². The third-order valence-corrected chi connectivity index (χ3v) is 3.57. The number of amides is 1. The van der Waals surface area contributed by atoms with Crippen LogP contribution in [-0.2, 0) is 4.74 Å². The van der Waals surface area contributed by atoms with E-state index in [0.717, 1.165) is 19.6 Å². The Morgan fingerprint density at radius 3 is 3.25 bits per heavy atom. The third kappa shape index (κ3) is 3.82. The number of morpholine rings is 1. The largest absolute Gasteiger partial charge is 0.397 e. The lowest BCUT2D eigenvalue weighted by atomic mass is 10.2. The van der Waals surface area contributed by atoms with Gasteiger partial charge in [-0.25, -0.2) is 4.98 Å². The van der Waals surface area contributed by atoms with E-state index >= 15 is 0 Å². The Hall–Kier alpha value is -1.37. The molecule has 1 fully saturated rings. The van der Waals surface area contributed by atoms with Crippen LogP contribution in [-0.4, -0.2) is 54.7 Å². The smallest absolute Gasteiger partial charge is 0.254 e. The summed E-state index contributed by atoms with van der Waals surface area (Å²) in [5, 5.41) is 2.96. The van der Waals surface area contributed by atoms with Crippen LogP contribution in [0, 0.1) is 0 Å². The van der Waals surface area contributed by atoms with E-state index in [0.29, 0.717) is 18.8 Å².